The van der Waals surface area contributed by atoms with Crippen LogP contribution in [0.5, 0.6) is 0 Å². The quantitative estimate of drug-likeness (QED) is 0.731. The molecule has 1 N–H and O–H groups in total. The first kappa shape index (κ1) is 12.0. The summed E-state index contributed by atoms with van der Waals surface area (Å²) in [4.78, 5) is 2.65. The number of nitrogens with zero attached hydrogens (tertiary/aromatic N) is 1. The summed E-state index contributed by atoms with van der Waals surface area (Å²) in [5.74, 6) is 0.784. The third-order valence-electron chi connectivity index (χ3n) is 3.42. The number of hydrogen-bond donors (Lipinski definition) is 1. The summed E-state index contributed by atoms with van der Waals surface area (Å²) in [7, 11) is 0. The fourth-order valence-electron chi connectivity index (χ4n) is 2.08. The molecule has 2 nitrogen and oxygen atoms in total. The fraction of sp³-hybridized carbons (Fsp3) is 1.00. The SMILES string of the molecule is CCC(C)N1CCC(C)NCC(C)C1. The lowest BCUT2D eigenvalue weighted by molar-refractivity contribution is 0.153. The van der Waals surface area contributed by atoms with Crippen LogP contribution >= 0.6 is 0 Å². The molecule has 0 amide bonds. The van der Waals surface area contributed by atoms with Gasteiger partial charge in [0.05, 0.1) is 0 Å². The Morgan fingerprint density at radius 3 is 2.79 bits per heavy atom. The van der Waals surface area contributed by atoms with Crippen LogP contribution in [0.1, 0.15) is 40.5 Å². The number of rotatable bonds is 2. The molecule has 1 aliphatic rings. The average Bonchev–Trinajstić information content (AvgIpc) is 2.17. The third-order valence-corrected chi connectivity index (χ3v) is 3.42. The van der Waals surface area contributed by atoms with Crippen molar-refractivity contribution in [2.45, 2.75) is 52.6 Å². The molecule has 1 rings (SSSR count). The van der Waals surface area contributed by atoms with Gasteiger partial charge in [0.15, 0.2) is 0 Å². The van der Waals surface area contributed by atoms with E-state index in [9.17, 15) is 0 Å². The van der Waals surface area contributed by atoms with Crippen molar-refractivity contribution in [2.24, 2.45) is 5.92 Å². The molecule has 1 fully saturated rings. The van der Waals surface area contributed by atoms with E-state index in [0.29, 0.717) is 6.04 Å². The molecule has 1 heterocycles. The van der Waals surface area contributed by atoms with Gasteiger partial charge >= 0.3 is 0 Å². The molecule has 0 aromatic rings. The van der Waals surface area contributed by atoms with E-state index in [4.69, 9.17) is 0 Å². The second-order valence-corrected chi connectivity index (χ2v) is 4.96. The molecule has 1 saturated heterocycles. The zero-order valence-corrected chi connectivity index (χ0v) is 10.2. The van der Waals surface area contributed by atoms with E-state index in [1.807, 2.05) is 0 Å². The van der Waals surface area contributed by atoms with Crippen molar-refractivity contribution in [1.29, 1.82) is 0 Å². The van der Waals surface area contributed by atoms with E-state index in [2.05, 4.69) is 37.9 Å². The smallest absolute Gasteiger partial charge is 0.00644 e. The van der Waals surface area contributed by atoms with Crippen molar-refractivity contribution in [1.82, 2.24) is 10.2 Å². The minimum atomic E-state index is 0.685. The van der Waals surface area contributed by atoms with E-state index < -0.39 is 0 Å². The number of hydrogen-bond acceptors (Lipinski definition) is 2. The van der Waals surface area contributed by atoms with Gasteiger partial charge in [-0.25, -0.2) is 0 Å². The highest BCUT2D eigenvalue weighted by Crippen LogP contribution is 2.11. The summed E-state index contributed by atoms with van der Waals surface area (Å²) in [6, 6.07) is 1.44. The van der Waals surface area contributed by atoms with Gasteiger partial charge in [0.2, 0.25) is 0 Å². The summed E-state index contributed by atoms with van der Waals surface area (Å²) >= 11 is 0. The highest BCUT2D eigenvalue weighted by molar-refractivity contribution is 4.76. The Labute approximate surface area is 89.1 Å². The van der Waals surface area contributed by atoms with Crippen LogP contribution in [0.4, 0.5) is 0 Å². The predicted molar refractivity (Wildman–Crippen MR) is 62.6 cm³/mol. The summed E-state index contributed by atoms with van der Waals surface area (Å²) < 4.78 is 0. The summed E-state index contributed by atoms with van der Waals surface area (Å²) in [5.41, 5.74) is 0. The standard InChI is InChI=1S/C12H26N2/c1-5-12(4)14-7-6-11(3)13-8-10(2)9-14/h10-13H,5-9H2,1-4H3. The van der Waals surface area contributed by atoms with E-state index in [-0.39, 0.29) is 0 Å². The number of nitrogens with one attached hydrogen (secondary N) is 1. The van der Waals surface area contributed by atoms with Crippen LogP contribution in [-0.2, 0) is 0 Å². The van der Waals surface area contributed by atoms with Crippen LogP contribution in [0.15, 0.2) is 0 Å². The van der Waals surface area contributed by atoms with Gasteiger partial charge in [-0.3, -0.25) is 0 Å². The molecule has 0 radical (unpaired) electrons. The zero-order chi connectivity index (χ0) is 10.6. The molecular weight excluding hydrogens is 172 g/mol. The Hall–Kier alpha value is -0.0800. The first-order valence-corrected chi connectivity index (χ1v) is 6.11. The van der Waals surface area contributed by atoms with Crippen molar-refractivity contribution < 1.29 is 0 Å². The zero-order valence-electron chi connectivity index (χ0n) is 10.2. The van der Waals surface area contributed by atoms with Gasteiger partial charge in [-0.2, -0.15) is 0 Å². The Balaban J connectivity index is 2.48. The molecule has 0 bridgehead atoms. The highest BCUT2D eigenvalue weighted by atomic mass is 15.2. The van der Waals surface area contributed by atoms with Crippen LogP contribution < -0.4 is 5.32 Å². The minimum absolute atomic E-state index is 0.685. The minimum Gasteiger partial charge on any atom is -0.314 e. The lowest BCUT2D eigenvalue weighted by Crippen LogP contribution is -2.45. The topological polar surface area (TPSA) is 15.3 Å². The summed E-state index contributed by atoms with van der Waals surface area (Å²) in [6.45, 7) is 13.0. The Bertz CT molecular complexity index is 158. The second kappa shape index (κ2) is 5.72. The van der Waals surface area contributed by atoms with Gasteiger partial charge in [0.1, 0.15) is 0 Å². The molecule has 0 spiro atoms. The lowest BCUT2D eigenvalue weighted by Gasteiger charge is -2.34. The molecular formula is C12H26N2. The second-order valence-electron chi connectivity index (χ2n) is 4.96. The van der Waals surface area contributed by atoms with Crippen LogP contribution in [0.25, 0.3) is 0 Å². The maximum atomic E-state index is 3.59. The maximum Gasteiger partial charge on any atom is 0.00644 e. The van der Waals surface area contributed by atoms with E-state index in [1.165, 1.54) is 32.5 Å². The molecule has 84 valence electrons. The third kappa shape index (κ3) is 3.58. The monoisotopic (exact) mass is 198 g/mol. The van der Waals surface area contributed by atoms with Crippen LogP contribution in [0.3, 0.4) is 0 Å². The molecule has 3 atom stereocenters. The maximum absolute atomic E-state index is 3.59. The largest absolute Gasteiger partial charge is 0.314 e. The molecule has 0 saturated carbocycles. The van der Waals surface area contributed by atoms with E-state index >= 15 is 0 Å². The van der Waals surface area contributed by atoms with Gasteiger partial charge in [-0.15, -0.1) is 0 Å². The van der Waals surface area contributed by atoms with Gasteiger partial charge in [-0.05, 0) is 45.7 Å². The van der Waals surface area contributed by atoms with Crippen molar-refractivity contribution >= 4 is 0 Å². The molecule has 0 aromatic heterocycles. The van der Waals surface area contributed by atoms with Gasteiger partial charge < -0.3 is 10.2 Å². The van der Waals surface area contributed by atoms with Gasteiger partial charge in [-0.1, -0.05) is 13.8 Å². The molecule has 14 heavy (non-hydrogen) atoms. The van der Waals surface area contributed by atoms with Crippen molar-refractivity contribution in [3.05, 3.63) is 0 Å². The summed E-state index contributed by atoms with van der Waals surface area (Å²) in [6.07, 6.45) is 2.56. The highest BCUT2D eigenvalue weighted by Gasteiger charge is 2.19. The van der Waals surface area contributed by atoms with Crippen molar-refractivity contribution in [3.63, 3.8) is 0 Å². The molecule has 0 aliphatic carbocycles. The lowest BCUT2D eigenvalue weighted by atomic mass is 10.0. The van der Waals surface area contributed by atoms with E-state index in [0.717, 1.165) is 12.0 Å². The molecule has 2 heteroatoms. The van der Waals surface area contributed by atoms with Gasteiger partial charge in [0, 0.05) is 18.6 Å². The predicted octanol–water partition coefficient (Wildman–Crippen LogP) is 2.10. The Morgan fingerprint density at radius 1 is 1.43 bits per heavy atom. The first-order chi connectivity index (χ1) is 6.63. The normalized spacial score (nSPS) is 33.4. The Morgan fingerprint density at radius 2 is 2.14 bits per heavy atom. The van der Waals surface area contributed by atoms with E-state index in [1.54, 1.807) is 0 Å². The van der Waals surface area contributed by atoms with Gasteiger partial charge in [0.25, 0.3) is 0 Å². The molecule has 3 unspecified atom stereocenters. The Kier molecular flexibility index (Phi) is 4.90. The van der Waals surface area contributed by atoms with Crippen LogP contribution in [0.2, 0.25) is 0 Å². The first-order valence-electron chi connectivity index (χ1n) is 6.11. The average molecular weight is 198 g/mol. The van der Waals surface area contributed by atoms with Crippen LogP contribution in [-0.4, -0.2) is 36.6 Å². The summed E-state index contributed by atoms with van der Waals surface area (Å²) in [5, 5.41) is 3.59. The fourth-order valence-corrected chi connectivity index (χ4v) is 2.08. The van der Waals surface area contributed by atoms with Crippen molar-refractivity contribution in [2.75, 3.05) is 19.6 Å². The van der Waals surface area contributed by atoms with Crippen LogP contribution in [0, 0.1) is 5.92 Å². The van der Waals surface area contributed by atoms with Crippen molar-refractivity contribution in [3.8, 4) is 0 Å². The molecule has 1 aliphatic heterocycles. The molecule has 0 aromatic carbocycles.